The second-order valence-corrected chi connectivity index (χ2v) is 12.7. The molecule has 10 atom stereocenters. The smallest absolute Gasteiger partial charge is 0.230 e. The average Bonchev–Trinajstić information content (AvgIpc) is 2.89. The number of hydrogen-bond acceptors (Lipinski definition) is 8. The second kappa shape index (κ2) is 8.94. The standard InChI is InChI=1S/C31H37NO8/c1-13(2)21-24(35)20(27(32)38)25(36)31(40)26(37)22-23(34)19-17(14(3)29(22,4)28(39)30(21,31)5)11-16(12-18(19)33)15-9-7-6-8-10-15/h6-14,20-22,24,26,28,33,35,37,39-40H,1-5H3,(H2,32,38)/t14-,20-,21+,22-,24?,26?,28-,29+,30+,31+/m1/s1. The molecule has 7 N–H and O–H groups in total. The van der Waals surface area contributed by atoms with Crippen molar-refractivity contribution in [3.8, 4) is 16.9 Å². The number of aliphatic hydroxyl groups excluding tert-OH is 3. The van der Waals surface area contributed by atoms with Gasteiger partial charge >= 0.3 is 0 Å². The van der Waals surface area contributed by atoms with Crippen LogP contribution < -0.4 is 5.73 Å². The maximum atomic E-state index is 14.2. The molecule has 3 aliphatic carbocycles. The highest BCUT2D eigenvalue weighted by Gasteiger charge is 2.80. The number of ketones is 2. The van der Waals surface area contributed by atoms with E-state index in [0.29, 0.717) is 11.1 Å². The van der Waals surface area contributed by atoms with E-state index in [-0.39, 0.29) is 11.3 Å². The Morgan fingerprint density at radius 1 is 1.00 bits per heavy atom. The highest BCUT2D eigenvalue weighted by atomic mass is 16.4. The second-order valence-electron chi connectivity index (χ2n) is 12.7. The molecule has 1 amide bonds. The minimum Gasteiger partial charge on any atom is -0.507 e. The molecule has 3 aliphatic rings. The third-order valence-corrected chi connectivity index (χ3v) is 10.7. The van der Waals surface area contributed by atoms with Crippen LogP contribution in [0.3, 0.4) is 0 Å². The van der Waals surface area contributed by atoms with Crippen molar-refractivity contribution in [1.82, 2.24) is 0 Å². The molecule has 2 saturated carbocycles. The summed E-state index contributed by atoms with van der Waals surface area (Å²) >= 11 is 0. The fourth-order valence-electron chi connectivity index (χ4n) is 8.59. The zero-order valence-corrected chi connectivity index (χ0v) is 23.2. The van der Waals surface area contributed by atoms with Gasteiger partial charge in [-0.1, -0.05) is 65.0 Å². The summed E-state index contributed by atoms with van der Waals surface area (Å²) in [6.45, 7) is 8.26. The van der Waals surface area contributed by atoms with E-state index >= 15 is 0 Å². The first-order valence-corrected chi connectivity index (χ1v) is 13.6. The van der Waals surface area contributed by atoms with E-state index in [2.05, 4.69) is 0 Å². The molecule has 0 spiro atoms. The first-order chi connectivity index (χ1) is 18.6. The van der Waals surface area contributed by atoms with Crippen LogP contribution in [0.2, 0.25) is 0 Å². The van der Waals surface area contributed by atoms with E-state index in [9.17, 15) is 39.9 Å². The third kappa shape index (κ3) is 3.20. The number of benzene rings is 2. The van der Waals surface area contributed by atoms with E-state index < -0.39 is 81.8 Å². The quantitative estimate of drug-likeness (QED) is 0.313. The molecule has 0 radical (unpaired) electrons. The Hall–Kier alpha value is -3.11. The van der Waals surface area contributed by atoms with Crippen molar-refractivity contribution in [3.63, 3.8) is 0 Å². The predicted molar refractivity (Wildman–Crippen MR) is 145 cm³/mol. The molecule has 40 heavy (non-hydrogen) atoms. The summed E-state index contributed by atoms with van der Waals surface area (Å²) in [5, 5.41) is 58.7. The minimum atomic E-state index is -2.79. The summed E-state index contributed by atoms with van der Waals surface area (Å²) in [6.07, 6.45) is -5.30. The SMILES string of the molecule is CC(C)[C@H]1C(O)[C@@H](C(N)=O)C(=O)[C@]2(O)C(O)[C@H]3C(=O)c4c(O)cc(-c5ccccc5)cc4[C@@H](C)[C@]3(C)[C@@H](O)[C@]12C. The van der Waals surface area contributed by atoms with Gasteiger partial charge in [0, 0.05) is 10.8 Å². The van der Waals surface area contributed by atoms with E-state index in [4.69, 9.17) is 5.73 Å². The largest absolute Gasteiger partial charge is 0.507 e. The van der Waals surface area contributed by atoms with Crippen molar-refractivity contribution < 1.29 is 39.9 Å². The lowest BCUT2D eigenvalue weighted by molar-refractivity contribution is -0.306. The van der Waals surface area contributed by atoms with Crippen LogP contribution in [0, 0.1) is 34.5 Å². The first kappa shape index (κ1) is 28.4. The number of primary amides is 1. The Balaban J connectivity index is 1.78. The van der Waals surface area contributed by atoms with Gasteiger partial charge < -0.3 is 31.3 Å². The van der Waals surface area contributed by atoms with Crippen LogP contribution in [0.5, 0.6) is 5.75 Å². The number of phenolic OH excluding ortho intramolecular Hbond substituents is 1. The summed E-state index contributed by atoms with van der Waals surface area (Å²) in [5.74, 6) is -8.99. The zero-order chi connectivity index (χ0) is 29.7. The Morgan fingerprint density at radius 3 is 2.15 bits per heavy atom. The molecule has 2 aromatic carbocycles. The van der Waals surface area contributed by atoms with Crippen molar-refractivity contribution >= 4 is 17.5 Å². The molecule has 0 aliphatic heterocycles. The summed E-state index contributed by atoms with van der Waals surface area (Å²) in [5.41, 5.74) is 1.24. The average molecular weight is 552 g/mol. The number of fused-ring (bicyclic) bond motifs is 3. The molecule has 2 unspecified atom stereocenters. The van der Waals surface area contributed by atoms with Gasteiger partial charge in [0.05, 0.1) is 23.7 Å². The predicted octanol–water partition coefficient (Wildman–Crippen LogP) is 1.77. The van der Waals surface area contributed by atoms with Gasteiger partial charge in [0.25, 0.3) is 0 Å². The Morgan fingerprint density at radius 2 is 1.60 bits per heavy atom. The first-order valence-electron chi connectivity index (χ1n) is 13.6. The molecule has 0 bridgehead atoms. The highest BCUT2D eigenvalue weighted by molar-refractivity contribution is 6.09. The summed E-state index contributed by atoms with van der Waals surface area (Å²) < 4.78 is 0. The molecule has 0 saturated heterocycles. The van der Waals surface area contributed by atoms with Crippen molar-refractivity contribution in [2.24, 2.45) is 40.2 Å². The van der Waals surface area contributed by atoms with Crippen molar-refractivity contribution in [2.75, 3.05) is 0 Å². The third-order valence-electron chi connectivity index (χ3n) is 10.7. The summed E-state index contributed by atoms with van der Waals surface area (Å²) in [6, 6.07) is 12.5. The van der Waals surface area contributed by atoms with Gasteiger partial charge in [0.2, 0.25) is 5.91 Å². The van der Waals surface area contributed by atoms with Crippen LogP contribution in [0.25, 0.3) is 11.1 Å². The van der Waals surface area contributed by atoms with E-state index in [0.717, 1.165) is 5.56 Å². The number of Topliss-reactive ketones (excluding diaryl/α,β-unsaturated/α-hetero) is 2. The van der Waals surface area contributed by atoms with Crippen LogP contribution in [0.1, 0.15) is 56.5 Å². The normalized spacial score (nSPS) is 40.8. The topological polar surface area (TPSA) is 178 Å². The Kier molecular flexibility index (Phi) is 6.35. The number of aromatic hydroxyl groups is 1. The van der Waals surface area contributed by atoms with Gasteiger partial charge in [-0.15, -0.1) is 0 Å². The maximum Gasteiger partial charge on any atom is 0.230 e. The Bertz CT molecular complexity index is 1410. The van der Waals surface area contributed by atoms with Crippen LogP contribution >= 0.6 is 0 Å². The van der Waals surface area contributed by atoms with Crippen LogP contribution in [-0.2, 0) is 9.59 Å². The number of carbonyl (C=O) groups is 3. The van der Waals surface area contributed by atoms with Crippen molar-refractivity contribution in [2.45, 2.75) is 64.4 Å². The molecule has 0 aromatic heterocycles. The molecule has 9 nitrogen and oxygen atoms in total. The van der Waals surface area contributed by atoms with Gasteiger partial charge in [0.1, 0.15) is 17.8 Å². The van der Waals surface area contributed by atoms with E-state index in [1.807, 2.05) is 30.3 Å². The van der Waals surface area contributed by atoms with E-state index in [1.54, 1.807) is 33.8 Å². The molecule has 5 rings (SSSR count). The monoisotopic (exact) mass is 551 g/mol. The molecule has 9 heteroatoms. The number of carbonyl (C=O) groups excluding carboxylic acids is 3. The highest BCUT2D eigenvalue weighted by Crippen LogP contribution is 2.68. The fraction of sp³-hybridized carbons (Fsp3) is 0.516. The number of amides is 1. The van der Waals surface area contributed by atoms with Gasteiger partial charge in [-0.05, 0) is 46.6 Å². The lowest BCUT2D eigenvalue weighted by atomic mass is 9.36. The Labute approximate surface area is 232 Å². The number of phenols is 1. The minimum absolute atomic E-state index is 0.0525. The summed E-state index contributed by atoms with van der Waals surface area (Å²) in [7, 11) is 0. The van der Waals surface area contributed by atoms with Crippen LogP contribution in [0.15, 0.2) is 42.5 Å². The molecule has 2 aromatic rings. The molecule has 2 fully saturated rings. The van der Waals surface area contributed by atoms with E-state index in [1.165, 1.54) is 13.0 Å². The lowest BCUT2D eigenvalue weighted by Gasteiger charge is -2.69. The molecule has 0 heterocycles. The van der Waals surface area contributed by atoms with Crippen LogP contribution in [-0.4, -0.2) is 66.9 Å². The lowest BCUT2D eigenvalue weighted by Crippen LogP contribution is -2.83. The van der Waals surface area contributed by atoms with Crippen LogP contribution in [0.4, 0.5) is 0 Å². The molecular formula is C31H37NO8. The fourth-order valence-corrected chi connectivity index (χ4v) is 8.59. The van der Waals surface area contributed by atoms with Crippen molar-refractivity contribution in [3.05, 3.63) is 53.6 Å². The zero-order valence-electron chi connectivity index (χ0n) is 23.2. The van der Waals surface area contributed by atoms with Gasteiger partial charge in [-0.3, -0.25) is 14.4 Å². The van der Waals surface area contributed by atoms with Crippen molar-refractivity contribution in [1.29, 1.82) is 0 Å². The number of aliphatic hydroxyl groups is 4. The van der Waals surface area contributed by atoms with Gasteiger partial charge in [0.15, 0.2) is 17.2 Å². The van der Waals surface area contributed by atoms with Gasteiger partial charge in [-0.25, -0.2) is 0 Å². The maximum absolute atomic E-state index is 14.2. The number of hydrogen-bond donors (Lipinski definition) is 6. The van der Waals surface area contributed by atoms with Gasteiger partial charge in [-0.2, -0.15) is 0 Å². The molecular weight excluding hydrogens is 514 g/mol. The molecule has 214 valence electrons. The summed E-state index contributed by atoms with van der Waals surface area (Å²) in [4.78, 5) is 40.3. The number of nitrogens with two attached hydrogens (primary N) is 1. The number of rotatable bonds is 3.